The average molecular weight is 576 g/mol. The Bertz CT molecular complexity index is 1600. The van der Waals surface area contributed by atoms with Crippen LogP contribution >= 0.6 is 0 Å². The molecule has 220 valence electrons. The fourth-order valence-corrected chi connectivity index (χ4v) is 5.71. The number of piperidine rings is 1. The van der Waals surface area contributed by atoms with Crippen molar-refractivity contribution in [3.8, 4) is 17.1 Å². The van der Waals surface area contributed by atoms with Gasteiger partial charge in [0.2, 0.25) is 11.8 Å². The zero-order chi connectivity index (χ0) is 29.2. The Hall–Kier alpha value is -4.32. The van der Waals surface area contributed by atoms with Crippen LogP contribution in [-0.2, 0) is 16.1 Å². The number of rotatable bonds is 7. The van der Waals surface area contributed by atoms with E-state index in [1.165, 1.54) is 13.2 Å². The molecule has 2 aliphatic heterocycles. The first kappa shape index (κ1) is 27.8. The van der Waals surface area contributed by atoms with Crippen molar-refractivity contribution in [1.82, 2.24) is 35.2 Å². The third kappa shape index (κ3) is 5.58. The molecule has 0 aliphatic carbocycles. The highest BCUT2D eigenvalue weighted by atomic mass is 19.1. The molecule has 42 heavy (non-hydrogen) atoms. The number of methoxy groups -OCH3 is 1. The van der Waals surface area contributed by atoms with Gasteiger partial charge in [-0.15, -0.1) is 0 Å². The fourth-order valence-electron chi connectivity index (χ4n) is 5.71. The largest absolute Gasteiger partial charge is 0.481 e. The number of carbonyl (C=O) groups excluding carboxylic acids is 2. The number of benzene rings is 1. The van der Waals surface area contributed by atoms with Gasteiger partial charge in [-0.1, -0.05) is 6.07 Å². The first-order valence-electron chi connectivity index (χ1n) is 14.3. The van der Waals surface area contributed by atoms with E-state index in [1.54, 1.807) is 15.6 Å². The molecule has 11 nitrogen and oxygen atoms in total. The van der Waals surface area contributed by atoms with Crippen LogP contribution in [0.4, 0.5) is 4.39 Å². The van der Waals surface area contributed by atoms with Gasteiger partial charge in [0.05, 0.1) is 30.2 Å². The van der Waals surface area contributed by atoms with E-state index < -0.39 is 12.0 Å². The van der Waals surface area contributed by atoms with Crippen LogP contribution in [0.1, 0.15) is 60.1 Å². The summed E-state index contributed by atoms with van der Waals surface area (Å²) >= 11 is 0. The second kappa shape index (κ2) is 11.9. The minimum absolute atomic E-state index is 0.0192. The number of aromatic amines is 1. The molecular weight excluding hydrogens is 541 g/mol. The molecule has 2 aliphatic rings. The van der Waals surface area contributed by atoms with E-state index >= 15 is 0 Å². The van der Waals surface area contributed by atoms with Crippen LogP contribution in [0, 0.1) is 18.7 Å². The molecular formula is C30H34FN7O4. The third-order valence-electron chi connectivity index (χ3n) is 8.14. The van der Waals surface area contributed by atoms with Gasteiger partial charge in [0.25, 0.3) is 5.91 Å². The van der Waals surface area contributed by atoms with Crippen molar-refractivity contribution in [3.05, 3.63) is 59.3 Å². The number of nitrogens with zero attached hydrogens (tertiary/aromatic N) is 5. The Balaban J connectivity index is 1.12. The van der Waals surface area contributed by atoms with E-state index in [2.05, 4.69) is 25.6 Å². The van der Waals surface area contributed by atoms with Crippen LogP contribution < -0.4 is 10.1 Å². The number of carbonyl (C=O) groups is 2. The second-order valence-electron chi connectivity index (χ2n) is 10.9. The Morgan fingerprint density at radius 1 is 1.17 bits per heavy atom. The number of ether oxygens (including phenoxy) is 2. The lowest BCUT2D eigenvalue weighted by Crippen LogP contribution is -2.43. The molecule has 12 heteroatoms. The first-order chi connectivity index (χ1) is 20.4. The van der Waals surface area contributed by atoms with Crippen LogP contribution in [0.25, 0.3) is 22.2 Å². The molecule has 2 N–H and O–H groups in total. The summed E-state index contributed by atoms with van der Waals surface area (Å²) in [6, 6.07) is 9.08. The lowest BCUT2D eigenvalue weighted by Gasteiger charge is -2.31. The van der Waals surface area contributed by atoms with E-state index in [9.17, 15) is 14.0 Å². The SMILES string of the molecule is COc1cc(-c2cc(C(=O)N3CCC(C(=O)NCc4ccc5[nH]nc(C)c5c4)CC3)nn2C2CCCCO2)c(F)cn1. The number of amides is 2. The van der Waals surface area contributed by atoms with Crippen molar-refractivity contribution in [2.24, 2.45) is 5.92 Å². The third-order valence-corrected chi connectivity index (χ3v) is 8.14. The zero-order valence-electron chi connectivity index (χ0n) is 23.7. The zero-order valence-corrected chi connectivity index (χ0v) is 23.7. The Kier molecular flexibility index (Phi) is 7.88. The van der Waals surface area contributed by atoms with Crippen molar-refractivity contribution in [1.29, 1.82) is 0 Å². The Labute approximate surface area is 242 Å². The van der Waals surface area contributed by atoms with Crippen LogP contribution in [0.3, 0.4) is 0 Å². The molecule has 0 bridgehead atoms. The van der Waals surface area contributed by atoms with Gasteiger partial charge in [-0.2, -0.15) is 10.2 Å². The maximum absolute atomic E-state index is 14.9. The van der Waals surface area contributed by atoms with Crippen molar-refractivity contribution in [3.63, 3.8) is 0 Å². The molecule has 0 saturated carbocycles. The van der Waals surface area contributed by atoms with Crippen molar-refractivity contribution in [2.45, 2.75) is 51.8 Å². The summed E-state index contributed by atoms with van der Waals surface area (Å²) in [5, 5.41) is 15.9. The Morgan fingerprint density at radius 2 is 2.00 bits per heavy atom. The standard InChI is InChI=1S/C30H34FN7O4/c1-18-21-13-19(6-7-24(21)35-34-18)16-33-29(39)20-8-10-37(11-9-20)30(40)25-15-26(22-14-27(41-2)32-17-23(22)31)38(36-25)28-5-3-4-12-42-28/h6-7,13-15,17,20,28H,3-5,8-12,16H2,1-2H3,(H,33,39)(H,34,35). The quantitative estimate of drug-likeness (QED) is 0.339. The van der Waals surface area contributed by atoms with Gasteiger partial charge in [0.1, 0.15) is 0 Å². The first-order valence-corrected chi connectivity index (χ1v) is 14.3. The van der Waals surface area contributed by atoms with E-state index in [0.29, 0.717) is 51.2 Å². The molecule has 0 radical (unpaired) electrons. The normalized spacial score (nSPS) is 17.9. The highest BCUT2D eigenvalue weighted by Crippen LogP contribution is 2.32. The minimum Gasteiger partial charge on any atom is -0.481 e. The predicted octanol–water partition coefficient (Wildman–Crippen LogP) is 4.15. The Morgan fingerprint density at radius 3 is 2.76 bits per heavy atom. The molecule has 1 unspecified atom stereocenters. The van der Waals surface area contributed by atoms with Crippen LogP contribution in [0.15, 0.2) is 36.5 Å². The number of hydrogen-bond donors (Lipinski definition) is 2. The summed E-state index contributed by atoms with van der Waals surface area (Å²) in [5.41, 5.74) is 3.77. The maximum atomic E-state index is 14.9. The summed E-state index contributed by atoms with van der Waals surface area (Å²) in [6.45, 7) is 3.80. The molecule has 2 amide bonds. The van der Waals surface area contributed by atoms with E-state index in [0.717, 1.165) is 41.2 Å². The van der Waals surface area contributed by atoms with Gasteiger partial charge in [0, 0.05) is 49.2 Å². The van der Waals surface area contributed by atoms with Gasteiger partial charge in [0.15, 0.2) is 17.7 Å². The number of likely N-dealkylation sites (tertiary alicyclic amines) is 1. The smallest absolute Gasteiger partial charge is 0.274 e. The number of halogens is 1. The molecule has 3 aromatic heterocycles. The topological polar surface area (TPSA) is 127 Å². The number of aryl methyl sites for hydroxylation is 1. The van der Waals surface area contributed by atoms with Crippen LogP contribution in [0.2, 0.25) is 0 Å². The fraction of sp³-hybridized carbons (Fsp3) is 0.433. The predicted molar refractivity (Wildman–Crippen MR) is 152 cm³/mol. The van der Waals surface area contributed by atoms with E-state index in [1.807, 2.05) is 25.1 Å². The average Bonchev–Trinajstić information content (AvgIpc) is 3.64. The van der Waals surface area contributed by atoms with Gasteiger partial charge in [-0.25, -0.2) is 14.1 Å². The number of pyridine rings is 1. The lowest BCUT2D eigenvalue weighted by molar-refractivity contribution is -0.126. The highest BCUT2D eigenvalue weighted by molar-refractivity contribution is 5.94. The second-order valence-corrected chi connectivity index (χ2v) is 10.9. The highest BCUT2D eigenvalue weighted by Gasteiger charge is 2.31. The number of fused-ring (bicyclic) bond motifs is 1. The molecule has 5 heterocycles. The van der Waals surface area contributed by atoms with Gasteiger partial charge < -0.3 is 19.7 Å². The maximum Gasteiger partial charge on any atom is 0.274 e. The molecule has 1 aromatic carbocycles. The molecule has 2 saturated heterocycles. The van der Waals surface area contributed by atoms with Gasteiger partial charge in [-0.05, 0) is 62.8 Å². The molecule has 6 rings (SSSR count). The van der Waals surface area contributed by atoms with E-state index in [-0.39, 0.29) is 34.9 Å². The number of H-pyrrole nitrogens is 1. The number of aromatic nitrogens is 5. The van der Waals surface area contributed by atoms with Crippen molar-refractivity contribution >= 4 is 22.7 Å². The monoisotopic (exact) mass is 575 g/mol. The summed E-state index contributed by atoms with van der Waals surface area (Å²) in [7, 11) is 1.46. The van der Waals surface area contributed by atoms with Gasteiger partial charge in [-0.3, -0.25) is 14.7 Å². The molecule has 0 spiro atoms. The minimum atomic E-state index is -0.543. The molecule has 1 atom stereocenters. The summed E-state index contributed by atoms with van der Waals surface area (Å²) in [5.74, 6) is -0.743. The number of nitrogens with one attached hydrogen (secondary N) is 2. The van der Waals surface area contributed by atoms with Crippen molar-refractivity contribution < 1.29 is 23.5 Å². The lowest BCUT2D eigenvalue weighted by atomic mass is 9.95. The van der Waals surface area contributed by atoms with Gasteiger partial charge >= 0.3 is 0 Å². The number of hydrogen-bond acceptors (Lipinski definition) is 7. The summed E-state index contributed by atoms with van der Waals surface area (Å²) in [4.78, 5) is 32.2. The van der Waals surface area contributed by atoms with Crippen LogP contribution in [0.5, 0.6) is 5.88 Å². The van der Waals surface area contributed by atoms with Crippen LogP contribution in [-0.4, -0.2) is 68.5 Å². The summed E-state index contributed by atoms with van der Waals surface area (Å²) in [6.07, 6.45) is 4.39. The molecule has 4 aromatic rings. The van der Waals surface area contributed by atoms with E-state index in [4.69, 9.17) is 9.47 Å². The van der Waals surface area contributed by atoms with Crippen molar-refractivity contribution in [2.75, 3.05) is 26.8 Å². The molecule has 2 fully saturated rings. The summed E-state index contributed by atoms with van der Waals surface area (Å²) < 4.78 is 27.7.